The molecule has 0 fully saturated rings. The third-order valence-corrected chi connectivity index (χ3v) is 9.71. The molecule has 33 heavy (non-hydrogen) atoms. The summed E-state index contributed by atoms with van der Waals surface area (Å²) < 4.78 is 38.3. The molecule has 0 radical (unpaired) electrons. The molecule has 0 saturated heterocycles. The zero-order valence-electron chi connectivity index (χ0n) is 21.8. The summed E-state index contributed by atoms with van der Waals surface area (Å²) in [6, 6.07) is 0.675. The maximum Gasteiger partial charge on any atom is 0.528 e. The van der Waals surface area contributed by atoms with Crippen molar-refractivity contribution >= 4 is 23.6 Å². The summed E-state index contributed by atoms with van der Waals surface area (Å²) in [5, 5.41) is 0. The third-order valence-electron chi connectivity index (χ3n) is 4.60. The lowest BCUT2D eigenvalue weighted by molar-refractivity contribution is -0.137. The van der Waals surface area contributed by atoms with Crippen LogP contribution in [0, 0.1) is 0 Å². The van der Waals surface area contributed by atoms with E-state index in [9.17, 15) is 4.79 Å². The highest BCUT2D eigenvalue weighted by molar-refractivity contribution is 6.66. The SMILES string of the molecule is C=CC(=O)OCCC[Si](OCCCC)(OCCCC)OCCCC.C=C[Si](OC)(OC)OC. The molecule has 0 aliphatic rings. The van der Waals surface area contributed by atoms with E-state index in [0.717, 1.165) is 38.5 Å². The summed E-state index contributed by atoms with van der Waals surface area (Å²) in [4.78, 5) is 11.1. The molecule has 0 amide bonds. The summed E-state index contributed by atoms with van der Waals surface area (Å²) in [7, 11) is -0.506. The topological polar surface area (TPSA) is 81.7 Å². The van der Waals surface area contributed by atoms with Gasteiger partial charge in [0.2, 0.25) is 0 Å². The van der Waals surface area contributed by atoms with E-state index in [-0.39, 0.29) is 0 Å². The lowest BCUT2D eigenvalue weighted by Crippen LogP contribution is -2.47. The van der Waals surface area contributed by atoms with Crippen molar-refractivity contribution in [2.24, 2.45) is 0 Å². The summed E-state index contributed by atoms with van der Waals surface area (Å²) in [5.41, 5.74) is 1.58. The van der Waals surface area contributed by atoms with E-state index in [1.54, 1.807) is 27.0 Å². The van der Waals surface area contributed by atoms with Gasteiger partial charge in [-0.1, -0.05) is 53.2 Å². The van der Waals surface area contributed by atoms with E-state index in [1.165, 1.54) is 6.08 Å². The molecule has 0 aromatic carbocycles. The summed E-state index contributed by atoms with van der Waals surface area (Å²) in [6.07, 6.45) is 8.06. The quantitative estimate of drug-likeness (QED) is 0.0918. The first-order valence-electron chi connectivity index (χ1n) is 11.9. The van der Waals surface area contributed by atoms with E-state index in [1.807, 2.05) is 0 Å². The highest BCUT2D eigenvalue weighted by Crippen LogP contribution is 2.20. The summed E-state index contributed by atoms with van der Waals surface area (Å²) in [6.45, 7) is 15.7. The lowest BCUT2D eigenvalue weighted by atomic mass is 10.4. The van der Waals surface area contributed by atoms with Crippen LogP contribution in [0.2, 0.25) is 6.04 Å². The minimum absolute atomic E-state index is 0.338. The normalized spacial score (nSPS) is 11.5. The second kappa shape index (κ2) is 22.9. The summed E-state index contributed by atoms with van der Waals surface area (Å²) >= 11 is 0. The Morgan fingerprint density at radius 1 is 0.727 bits per heavy atom. The number of unbranched alkanes of at least 4 members (excludes halogenated alkanes) is 3. The molecule has 0 aliphatic carbocycles. The van der Waals surface area contributed by atoms with E-state index < -0.39 is 23.6 Å². The maximum absolute atomic E-state index is 11.1. The largest absolute Gasteiger partial charge is 0.528 e. The zero-order valence-corrected chi connectivity index (χ0v) is 23.8. The second-order valence-electron chi connectivity index (χ2n) is 7.18. The second-order valence-corrected chi connectivity index (χ2v) is 12.8. The van der Waals surface area contributed by atoms with Gasteiger partial charge in [0, 0.05) is 53.3 Å². The Morgan fingerprint density at radius 2 is 1.15 bits per heavy atom. The van der Waals surface area contributed by atoms with Crippen LogP contribution in [0.3, 0.4) is 0 Å². The van der Waals surface area contributed by atoms with Gasteiger partial charge in [0.1, 0.15) is 0 Å². The van der Waals surface area contributed by atoms with Gasteiger partial charge in [-0.15, -0.1) is 0 Å². The van der Waals surface area contributed by atoms with Crippen molar-refractivity contribution in [3.8, 4) is 0 Å². The van der Waals surface area contributed by atoms with Crippen LogP contribution in [0.5, 0.6) is 0 Å². The Hall–Kier alpha value is -0.856. The number of hydrogen-bond acceptors (Lipinski definition) is 8. The van der Waals surface area contributed by atoms with Gasteiger partial charge in [-0.2, -0.15) is 0 Å². The van der Waals surface area contributed by atoms with Gasteiger partial charge < -0.3 is 31.3 Å². The molecule has 0 saturated carbocycles. The molecule has 8 nitrogen and oxygen atoms in total. The molecule has 0 aromatic rings. The number of carbonyl (C=O) groups is 1. The molecule has 0 aromatic heterocycles. The Bertz CT molecular complexity index is 452. The van der Waals surface area contributed by atoms with Gasteiger partial charge in [0.15, 0.2) is 0 Å². The van der Waals surface area contributed by atoms with Crippen LogP contribution in [0.4, 0.5) is 0 Å². The van der Waals surface area contributed by atoms with Gasteiger partial charge in [-0.25, -0.2) is 4.79 Å². The molecule has 0 rings (SSSR count). The van der Waals surface area contributed by atoms with Crippen molar-refractivity contribution in [1.82, 2.24) is 0 Å². The van der Waals surface area contributed by atoms with Gasteiger partial charge in [-0.3, -0.25) is 0 Å². The third kappa shape index (κ3) is 17.3. The lowest BCUT2D eigenvalue weighted by Gasteiger charge is -2.30. The van der Waals surface area contributed by atoms with Crippen LogP contribution < -0.4 is 0 Å². The van der Waals surface area contributed by atoms with Crippen molar-refractivity contribution in [3.63, 3.8) is 0 Å². The van der Waals surface area contributed by atoms with Crippen molar-refractivity contribution in [2.45, 2.75) is 71.8 Å². The van der Waals surface area contributed by atoms with E-state index in [0.29, 0.717) is 38.9 Å². The molecule has 0 bridgehead atoms. The van der Waals surface area contributed by atoms with Crippen molar-refractivity contribution in [2.75, 3.05) is 47.8 Å². The standard InChI is InChI=1S/C18H36O5Si.C5H12O3Si/c1-5-9-14-21-24(22-15-10-6-2,23-16-11-7-3)17-12-13-20-18(19)8-4;1-5-9(6-2,7-3)8-4/h8H,4-7,9-17H2,1-3H3;5H,1H2,2-4H3. The Labute approximate surface area is 204 Å². The summed E-state index contributed by atoms with van der Waals surface area (Å²) in [5.74, 6) is -0.395. The zero-order chi connectivity index (χ0) is 25.4. The van der Waals surface area contributed by atoms with Gasteiger partial charge >= 0.3 is 23.6 Å². The monoisotopic (exact) mass is 508 g/mol. The first-order chi connectivity index (χ1) is 15.9. The number of hydrogen-bond donors (Lipinski definition) is 0. The first-order valence-corrected chi connectivity index (χ1v) is 15.6. The molecule has 0 unspecified atom stereocenters. The molecular formula is C23H48O8Si2. The van der Waals surface area contributed by atoms with Gasteiger partial charge in [0.05, 0.1) is 6.61 Å². The highest BCUT2D eigenvalue weighted by atomic mass is 28.4. The van der Waals surface area contributed by atoms with E-state index >= 15 is 0 Å². The van der Waals surface area contributed by atoms with Crippen molar-refractivity contribution in [3.05, 3.63) is 24.9 Å². The smallest absolute Gasteiger partial charge is 0.463 e. The first kappa shape index (κ1) is 34.3. The maximum atomic E-state index is 11.1. The molecule has 0 N–H and O–H groups in total. The Morgan fingerprint density at radius 3 is 1.42 bits per heavy atom. The predicted octanol–water partition coefficient (Wildman–Crippen LogP) is 5.08. The van der Waals surface area contributed by atoms with Crippen LogP contribution in [0.1, 0.15) is 65.7 Å². The van der Waals surface area contributed by atoms with Crippen LogP contribution in [-0.2, 0) is 36.1 Å². The fraction of sp³-hybridized carbons (Fsp3) is 0.783. The number of esters is 1. The van der Waals surface area contributed by atoms with Crippen LogP contribution in [0.15, 0.2) is 24.9 Å². The van der Waals surface area contributed by atoms with E-state index in [4.69, 9.17) is 31.3 Å². The van der Waals surface area contributed by atoms with Crippen molar-refractivity contribution < 1.29 is 36.1 Å². The minimum Gasteiger partial charge on any atom is -0.463 e. The Balaban J connectivity index is 0. The average molecular weight is 509 g/mol. The van der Waals surface area contributed by atoms with Crippen LogP contribution in [0.25, 0.3) is 0 Å². The average Bonchev–Trinajstić information content (AvgIpc) is 2.84. The van der Waals surface area contributed by atoms with E-state index in [2.05, 4.69) is 33.9 Å². The molecule has 196 valence electrons. The molecule has 0 atom stereocenters. The number of carbonyl (C=O) groups excluding carboxylic acids is 1. The highest BCUT2D eigenvalue weighted by Gasteiger charge is 2.40. The van der Waals surface area contributed by atoms with Crippen molar-refractivity contribution in [1.29, 1.82) is 0 Å². The van der Waals surface area contributed by atoms with Crippen LogP contribution in [-0.4, -0.2) is 71.3 Å². The Kier molecular flexibility index (Phi) is 23.8. The minimum atomic E-state index is -2.71. The molecular weight excluding hydrogens is 460 g/mol. The van der Waals surface area contributed by atoms with Gasteiger partial charge in [0.25, 0.3) is 0 Å². The molecule has 0 aliphatic heterocycles. The molecule has 10 heteroatoms. The number of ether oxygens (including phenoxy) is 1. The fourth-order valence-corrected chi connectivity index (χ4v) is 6.10. The molecule has 0 heterocycles. The molecule has 0 spiro atoms. The predicted molar refractivity (Wildman–Crippen MR) is 136 cm³/mol. The van der Waals surface area contributed by atoms with Gasteiger partial charge in [-0.05, 0) is 31.4 Å². The number of rotatable bonds is 21. The fourth-order valence-electron chi connectivity index (χ4n) is 2.48. The van der Waals surface area contributed by atoms with Crippen LogP contribution >= 0.6 is 0 Å².